The van der Waals surface area contributed by atoms with Gasteiger partial charge in [0.15, 0.2) is 0 Å². The molecule has 0 bridgehead atoms. The predicted octanol–water partition coefficient (Wildman–Crippen LogP) is 2.66. The summed E-state index contributed by atoms with van der Waals surface area (Å²) in [7, 11) is 0. The van der Waals surface area contributed by atoms with Gasteiger partial charge in [-0.2, -0.15) is 0 Å². The average molecular weight is 221 g/mol. The van der Waals surface area contributed by atoms with Crippen LogP contribution >= 0.6 is 0 Å². The number of ether oxygens (including phenoxy) is 1. The SMILES string of the molecule is Cc1ccnc(CCC(=O)OC(C)(C)C)c1. The number of carbonyl (C=O) groups excluding carboxylic acids is 1. The van der Waals surface area contributed by atoms with Gasteiger partial charge in [-0.15, -0.1) is 0 Å². The molecule has 1 aromatic heterocycles. The summed E-state index contributed by atoms with van der Waals surface area (Å²) >= 11 is 0. The fourth-order valence-electron chi connectivity index (χ4n) is 1.36. The average Bonchev–Trinajstić information content (AvgIpc) is 2.12. The van der Waals surface area contributed by atoms with Crippen LogP contribution < -0.4 is 0 Å². The molecule has 0 unspecified atom stereocenters. The minimum absolute atomic E-state index is 0.171. The first kappa shape index (κ1) is 12.7. The van der Waals surface area contributed by atoms with Crippen molar-refractivity contribution in [3.63, 3.8) is 0 Å². The highest BCUT2D eigenvalue weighted by Gasteiger charge is 2.15. The zero-order chi connectivity index (χ0) is 12.2. The van der Waals surface area contributed by atoms with Crippen molar-refractivity contribution in [3.8, 4) is 0 Å². The molecule has 0 atom stereocenters. The van der Waals surface area contributed by atoms with E-state index >= 15 is 0 Å². The van der Waals surface area contributed by atoms with E-state index in [4.69, 9.17) is 4.74 Å². The van der Waals surface area contributed by atoms with Crippen LogP contribution in [0.25, 0.3) is 0 Å². The zero-order valence-electron chi connectivity index (χ0n) is 10.4. The molecule has 0 aliphatic heterocycles. The van der Waals surface area contributed by atoms with Crippen LogP contribution in [-0.4, -0.2) is 16.6 Å². The van der Waals surface area contributed by atoms with Crippen molar-refractivity contribution in [1.82, 2.24) is 4.98 Å². The van der Waals surface area contributed by atoms with Crippen LogP contribution in [0.15, 0.2) is 18.3 Å². The molecule has 0 fully saturated rings. The Balaban J connectivity index is 2.43. The number of aromatic nitrogens is 1. The molecule has 1 heterocycles. The summed E-state index contributed by atoms with van der Waals surface area (Å²) in [5, 5.41) is 0. The molecule has 0 amide bonds. The van der Waals surface area contributed by atoms with Crippen molar-refractivity contribution in [1.29, 1.82) is 0 Å². The van der Waals surface area contributed by atoms with Gasteiger partial charge in [-0.05, 0) is 45.4 Å². The zero-order valence-corrected chi connectivity index (χ0v) is 10.4. The fourth-order valence-corrected chi connectivity index (χ4v) is 1.36. The van der Waals surface area contributed by atoms with E-state index in [0.29, 0.717) is 12.8 Å². The van der Waals surface area contributed by atoms with Crippen molar-refractivity contribution in [2.24, 2.45) is 0 Å². The maximum atomic E-state index is 11.5. The summed E-state index contributed by atoms with van der Waals surface area (Å²) in [6.45, 7) is 7.63. The molecule has 0 aliphatic carbocycles. The number of pyridine rings is 1. The van der Waals surface area contributed by atoms with E-state index in [1.54, 1.807) is 6.20 Å². The lowest BCUT2D eigenvalue weighted by atomic mass is 10.1. The quantitative estimate of drug-likeness (QED) is 0.737. The van der Waals surface area contributed by atoms with E-state index in [-0.39, 0.29) is 5.97 Å². The van der Waals surface area contributed by atoms with Gasteiger partial charge in [-0.3, -0.25) is 9.78 Å². The third-order valence-corrected chi connectivity index (χ3v) is 1.98. The minimum Gasteiger partial charge on any atom is -0.460 e. The van der Waals surface area contributed by atoms with Gasteiger partial charge in [0.05, 0.1) is 6.42 Å². The summed E-state index contributed by atoms with van der Waals surface area (Å²) < 4.78 is 5.22. The number of hydrogen-bond donors (Lipinski definition) is 0. The van der Waals surface area contributed by atoms with Gasteiger partial charge in [0.25, 0.3) is 0 Å². The van der Waals surface area contributed by atoms with Crippen LogP contribution in [0.4, 0.5) is 0 Å². The summed E-state index contributed by atoms with van der Waals surface area (Å²) in [6, 6.07) is 3.93. The Morgan fingerprint density at radius 3 is 2.69 bits per heavy atom. The fraction of sp³-hybridized carbons (Fsp3) is 0.538. The molecule has 1 aromatic rings. The molecule has 0 N–H and O–H groups in total. The standard InChI is InChI=1S/C13H19NO2/c1-10-7-8-14-11(9-10)5-6-12(15)16-13(2,3)4/h7-9H,5-6H2,1-4H3. The molecule has 3 nitrogen and oxygen atoms in total. The second-order valence-corrected chi connectivity index (χ2v) is 4.91. The van der Waals surface area contributed by atoms with Crippen molar-refractivity contribution in [2.75, 3.05) is 0 Å². The molecule has 3 heteroatoms. The van der Waals surface area contributed by atoms with Crippen LogP contribution in [-0.2, 0) is 16.0 Å². The van der Waals surface area contributed by atoms with Gasteiger partial charge in [0.2, 0.25) is 0 Å². The largest absolute Gasteiger partial charge is 0.460 e. The van der Waals surface area contributed by atoms with Crippen molar-refractivity contribution in [2.45, 2.75) is 46.1 Å². The highest BCUT2D eigenvalue weighted by atomic mass is 16.6. The molecule has 0 saturated heterocycles. The van der Waals surface area contributed by atoms with Crippen LogP contribution in [0.2, 0.25) is 0 Å². The smallest absolute Gasteiger partial charge is 0.306 e. The number of esters is 1. The van der Waals surface area contributed by atoms with Crippen LogP contribution in [0, 0.1) is 6.92 Å². The van der Waals surface area contributed by atoms with Crippen molar-refractivity contribution >= 4 is 5.97 Å². The summed E-state index contributed by atoms with van der Waals surface area (Å²) in [4.78, 5) is 15.7. The van der Waals surface area contributed by atoms with E-state index in [2.05, 4.69) is 4.98 Å². The Labute approximate surface area is 96.8 Å². The van der Waals surface area contributed by atoms with Gasteiger partial charge in [-0.25, -0.2) is 0 Å². The topological polar surface area (TPSA) is 39.2 Å². The molecule has 0 aromatic carbocycles. The number of rotatable bonds is 3. The lowest BCUT2D eigenvalue weighted by Crippen LogP contribution is -2.24. The van der Waals surface area contributed by atoms with Crippen LogP contribution in [0.3, 0.4) is 0 Å². The summed E-state index contributed by atoms with van der Waals surface area (Å²) in [5.41, 5.74) is 1.69. The van der Waals surface area contributed by atoms with Gasteiger partial charge in [0.1, 0.15) is 5.60 Å². The van der Waals surface area contributed by atoms with Gasteiger partial charge >= 0.3 is 5.97 Å². The molecule has 88 valence electrons. The van der Waals surface area contributed by atoms with Crippen LogP contribution in [0.5, 0.6) is 0 Å². The normalized spacial score (nSPS) is 11.2. The molecular formula is C13H19NO2. The Bertz CT molecular complexity index is 366. The van der Waals surface area contributed by atoms with E-state index in [0.717, 1.165) is 11.3 Å². The molecule has 16 heavy (non-hydrogen) atoms. The summed E-state index contributed by atoms with van der Waals surface area (Å²) in [6.07, 6.45) is 2.78. The van der Waals surface area contributed by atoms with Gasteiger partial charge in [0, 0.05) is 18.3 Å². The van der Waals surface area contributed by atoms with Crippen LogP contribution in [0.1, 0.15) is 38.4 Å². The number of hydrogen-bond acceptors (Lipinski definition) is 3. The third-order valence-electron chi connectivity index (χ3n) is 1.98. The second-order valence-electron chi connectivity index (χ2n) is 4.91. The second kappa shape index (κ2) is 5.10. The monoisotopic (exact) mass is 221 g/mol. The van der Waals surface area contributed by atoms with E-state index in [9.17, 15) is 4.79 Å². The van der Waals surface area contributed by atoms with E-state index < -0.39 is 5.60 Å². The maximum absolute atomic E-state index is 11.5. The molecule has 0 aliphatic rings. The molecular weight excluding hydrogens is 202 g/mol. The number of aryl methyl sites for hydroxylation is 2. The molecule has 0 saturated carbocycles. The van der Waals surface area contributed by atoms with E-state index in [1.165, 1.54) is 0 Å². The highest BCUT2D eigenvalue weighted by molar-refractivity contribution is 5.70. The van der Waals surface area contributed by atoms with Crippen molar-refractivity contribution < 1.29 is 9.53 Å². The van der Waals surface area contributed by atoms with Crippen molar-refractivity contribution in [3.05, 3.63) is 29.6 Å². The first-order valence-electron chi connectivity index (χ1n) is 5.50. The predicted molar refractivity (Wildman–Crippen MR) is 63.1 cm³/mol. The summed E-state index contributed by atoms with van der Waals surface area (Å²) in [5.74, 6) is -0.171. The number of carbonyl (C=O) groups is 1. The van der Waals surface area contributed by atoms with Gasteiger partial charge in [-0.1, -0.05) is 0 Å². The first-order chi connectivity index (χ1) is 7.37. The lowest BCUT2D eigenvalue weighted by molar-refractivity contribution is -0.154. The highest BCUT2D eigenvalue weighted by Crippen LogP contribution is 2.10. The first-order valence-corrected chi connectivity index (χ1v) is 5.50. The maximum Gasteiger partial charge on any atom is 0.306 e. The third kappa shape index (κ3) is 4.91. The van der Waals surface area contributed by atoms with Gasteiger partial charge < -0.3 is 4.74 Å². The number of nitrogens with zero attached hydrogens (tertiary/aromatic N) is 1. The van der Waals surface area contributed by atoms with E-state index in [1.807, 2.05) is 39.8 Å². The Morgan fingerprint density at radius 1 is 1.44 bits per heavy atom. The molecule has 0 spiro atoms. The Morgan fingerprint density at radius 2 is 2.12 bits per heavy atom. The Kier molecular flexibility index (Phi) is 4.05. The lowest BCUT2D eigenvalue weighted by Gasteiger charge is -2.19. The minimum atomic E-state index is -0.406. The molecule has 1 rings (SSSR count). The molecule has 0 radical (unpaired) electrons. The Hall–Kier alpha value is -1.38.